The highest BCUT2D eigenvalue weighted by atomic mass is 16.5. The Morgan fingerprint density at radius 3 is 2.93 bits per heavy atom. The molecule has 0 spiro atoms. The van der Waals surface area contributed by atoms with Crippen LogP contribution in [0.2, 0.25) is 0 Å². The molecule has 0 aromatic rings. The van der Waals surface area contributed by atoms with Crippen LogP contribution in [-0.2, 0) is 9.53 Å². The minimum absolute atomic E-state index is 0.180. The van der Waals surface area contributed by atoms with Gasteiger partial charge in [-0.2, -0.15) is 0 Å². The molecule has 1 unspecified atom stereocenters. The molecule has 1 heterocycles. The Balaban J connectivity index is 2.32. The van der Waals surface area contributed by atoms with Crippen molar-refractivity contribution in [1.82, 2.24) is 4.90 Å². The van der Waals surface area contributed by atoms with Gasteiger partial charge >= 0.3 is 5.97 Å². The SMILES string of the molecule is CCCOC(=O)C(C)N1CC[C@@H](O)C1. The van der Waals surface area contributed by atoms with Crippen molar-refractivity contribution < 1.29 is 14.6 Å². The number of aliphatic hydroxyl groups is 1. The third-order valence-electron chi connectivity index (χ3n) is 2.53. The number of esters is 1. The summed E-state index contributed by atoms with van der Waals surface area (Å²) >= 11 is 0. The molecule has 0 saturated carbocycles. The summed E-state index contributed by atoms with van der Waals surface area (Å²) in [5.41, 5.74) is 0. The maximum atomic E-state index is 11.5. The Bertz CT molecular complexity index is 196. The minimum atomic E-state index is -0.281. The molecule has 2 atom stereocenters. The summed E-state index contributed by atoms with van der Waals surface area (Å²) in [5, 5.41) is 9.31. The van der Waals surface area contributed by atoms with Crippen LogP contribution >= 0.6 is 0 Å². The monoisotopic (exact) mass is 201 g/mol. The quantitative estimate of drug-likeness (QED) is 0.669. The number of β-amino-alcohol motifs (C(OH)–C–C–N with tert-alkyl or cyclic N) is 1. The number of rotatable bonds is 4. The third-order valence-corrected chi connectivity index (χ3v) is 2.53. The highest BCUT2D eigenvalue weighted by Crippen LogP contribution is 2.13. The third kappa shape index (κ3) is 2.96. The number of carbonyl (C=O) groups is 1. The lowest BCUT2D eigenvalue weighted by Gasteiger charge is -2.21. The molecule has 82 valence electrons. The van der Waals surface area contributed by atoms with Crippen LogP contribution in [0.5, 0.6) is 0 Å². The summed E-state index contributed by atoms with van der Waals surface area (Å²) in [6.45, 7) is 5.65. The zero-order valence-electron chi connectivity index (χ0n) is 8.90. The summed E-state index contributed by atoms with van der Waals surface area (Å²) in [4.78, 5) is 13.4. The predicted molar refractivity (Wildman–Crippen MR) is 52.9 cm³/mol. The molecule has 1 aliphatic heterocycles. The molecule has 0 aromatic heterocycles. The molecule has 1 N–H and O–H groups in total. The smallest absolute Gasteiger partial charge is 0.323 e. The van der Waals surface area contributed by atoms with E-state index in [1.54, 1.807) is 0 Å². The molecule has 0 radical (unpaired) electrons. The van der Waals surface area contributed by atoms with Crippen molar-refractivity contribution >= 4 is 5.97 Å². The predicted octanol–water partition coefficient (Wildman–Crippen LogP) is 0.395. The van der Waals surface area contributed by atoms with E-state index in [9.17, 15) is 9.90 Å². The van der Waals surface area contributed by atoms with E-state index in [0.717, 1.165) is 19.4 Å². The number of ether oxygens (including phenoxy) is 1. The van der Waals surface area contributed by atoms with Gasteiger partial charge in [-0.1, -0.05) is 6.92 Å². The first kappa shape index (κ1) is 11.5. The van der Waals surface area contributed by atoms with Gasteiger partial charge in [-0.3, -0.25) is 9.69 Å². The van der Waals surface area contributed by atoms with E-state index in [1.165, 1.54) is 0 Å². The van der Waals surface area contributed by atoms with Gasteiger partial charge in [0, 0.05) is 13.1 Å². The number of hydrogen-bond donors (Lipinski definition) is 1. The van der Waals surface area contributed by atoms with Gasteiger partial charge in [-0.25, -0.2) is 0 Å². The maximum absolute atomic E-state index is 11.5. The lowest BCUT2D eigenvalue weighted by molar-refractivity contribution is -0.149. The van der Waals surface area contributed by atoms with E-state index < -0.39 is 0 Å². The van der Waals surface area contributed by atoms with Crippen molar-refractivity contribution in [2.75, 3.05) is 19.7 Å². The van der Waals surface area contributed by atoms with Crippen LogP contribution in [0.25, 0.3) is 0 Å². The van der Waals surface area contributed by atoms with Gasteiger partial charge in [0.05, 0.1) is 12.7 Å². The van der Waals surface area contributed by atoms with E-state index in [1.807, 2.05) is 18.7 Å². The van der Waals surface area contributed by atoms with Crippen molar-refractivity contribution in [2.24, 2.45) is 0 Å². The molecule has 0 amide bonds. The van der Waals surface area contributed by atoms with E-state index in [4.69, 9.17) is 4.74 Å². The average Bonchev–Trinajstić information content (AvgIpc) is 2.60. The van der Waals surface area contributed by atoms with Gasteiger partial charge in [0.1, 0.15) is 6.04 Å². The van der Waals surface area contributed by atoms with Gasteiger partial charge in [-0.05, 0) is 19.8 Å². The first-order chi connectivity index (χ1) is 6.65. The van der Waals surface area contributed by atoms with Crippen LogP contribution in [0.15, 0.2) is 0 Å². The van der Waals surface area contributed by atoms with E-state index in [-0.39, 0.29) is 18.1 Å². The van der Waals surface area contributed by atoms with Crippen molar-refractivity contribution in [3.05, 3.63) is 0 Å². The van der Waals surface area contributed by atoms with Crippen molar-refractivity contribution in [3.63, 3.8) is 0 Å². The van der Waals surface area contributed by atoms with Gasteiger partial charge < -0.3 is 9.84 Å². The van der Waals surface area contributed by atoms with Crippen LogP contribution in [0.1, 0.15) is 26.7 Å². The number of aliphatic hydroxyl groups excluding tert-OH is 1. The summed E-state index contributed by atoms with van der Waals surface area (Å²) in [7, 11) is 0. The highest BCUT2D eigenvalue weighted by Gasteiger charge is 2.29. The van der Waals surface area contributed by atoms with E-state index in [0.29, 0.717) is 13.2 Å². The van der Waals surface area contributed by atoms with Gasteiger partial charge in [-0.15, -0.1) is 0 Å². The molecular formula is C10H19NO3. The van der Waals surface area contributed by atoms with E-state index in [2.05, 4.69) is 0 Å². The number of hydrogen-bond acceptors (Lipinski definition) is 4. The Morgan fingerprint density at radius 2 is 2.43 bits per heavy atom. The maximum Gasteiger partial charge on any atom is 0.323 e. The van der Waals surface area contributed by atoms with Crippen molar-refractivity contribution in [2.45, 2.75) is 38.8 Å². The van der Waals surface area contributed by atoms with Crippen LogP contribution in [0.4, 0.5) is 0 Å². The van der Waals surface area contributed by atoms with Gasteiger partial charge in [0.25, 0.3) is 0 Å². The fraction of sp³-hybridized carbons (Fsp3) is 0.900. The van der Waals surface area contributed by atoms with E-state index >= 15 is 0 Å². The summed E-state index contributed by atoms with van der Waals surface area (Å²) in [6.07, 6.45) is 1.32. The molecule has 14 heavy (non-hydrogen) atoms. The Morgan fingerprint density at radius 1 is 1.71 bits per heavy atom. The van der Waals surface area contributed by atoms with Crippen LogP contribution < -0.4 is 0 Å². The Labute approximate surface area is 84.8 Å². The average molecular weight is 201 g/mol. The van der Waals surface area contributed by atoms with Crippen molar-refractivity contribution in [3.8, 4) is 0 Å². The van der Waals surface area contributed by atoms with Crippen LogP contribution in [-0.4, -0.2) is 47.8 Å². The zero-order chi connectivity index (χ0) is 10.6. The molecule has 1 rings (SSSR count). The molecule has 4 heteroatoms. The largest absolute Gasteiger partial charge is 0.465 e. The lowest BCUT2D eigenvalue weighted by Crippen LogP contribution is -2.39. The van der Waals surface area contributed by atoms with Crippen LogP contribution in [0.3, 0.4) is 0 Å². The van der Waals surface area contributed by atoms with Gasteiger partial charge in [0.2, 0.25) is 0 Å². The number of likely N-dealkylation sites (tertiary alicyclic amines) is 1. The molecule has 0 bridgehead atoms. The normalized spacial score (nSPS) is 24.9. The first-order valence-corrected chi connectivity index (χ1v) is 5.24. The summed E-state index contributed by atoms with van der Waals surface area (Å²) < 4.78 is 5.04. The minimum Gasteiger partial charge on any atom is -0.465 e. The fourth-order valence-electron chi connectivity index (χ4n) is 1.59. The number of carbonyl (C=O) groups excluding carboxylic acids is 1. The zero-order valence-corrected chi connectivity index (χ0v) is 8.90. The van der Waals surface area contributed by atoms with Gasteiger partial charge in [0.15, 0.2) is 0 Å². The molecular weight excluding hydrogens is 182 g/mol. The topological polar surface area (TPSA) is 49.8 Å². The molecule has 1 fully saturated rings. The Hall–Kier alpha value is -0.610. The molecule has 4 nitrogen and oxygen atoms in total. The summed E-state index contributed by atoms with van der Waals surface area (Å²) in [6, 6.07) is -0.223. The highest BCUT2D eigenvalue weighted by molar-refractivity contribution is 5.75. The Kier molecular flexibility index (Phi) is 4.35. The summed E-state index contributed by atoms with van der Waals surface area (Å²) in [5.74, 6) is -0.180. The molecule has 1 saturated heterocycles. The molecule has 0 aliphatic carbocycles. The molecule has 0 aromatic carbocycles. The second-order valence-corrected chi connectivity index (χ2v) is 3.78. The fourth-order valence-corrected chi connectivity index (χ4v) is 1.59. The van der Waals surface area contributed by atoms with Crippen LogP contribution in [0, 0.1) is 0 Å². The first-order valence-electron chi connectivity index (χ1n) is 5.24. The standard InChI is InChI=1S/C10H19NO3/c1-3-6-14-10(13)8(2)11-5-4-9(12)7-11/h8-9,12H,3-7H2,1-2H3/t8?,9-/m1/s1. The van der Waals surface area contributed by atoms with Crippen molar-refractivity contribution in [1.29, 1.82) is 0 Å². The second kappa shape index (κ2) is 5.32. The lowest BCUT2D eigenvalue weighted by atomic mass is 10.3. The molecule has 1 aliphatic rings. The second-order valence-electron chi connectivity index (χ2n) is 3.78. The number of nitrogens with zero attached hydrogens (tertiary/aromatic N) is 1.